The number of hydrogen-bond acceptors (Lipinski definition) is 4. The lowest BCUT2D eigenvalue weighted by Gasteiger charge is -2.13. The number of nitrogens with one attached hydrogen (secondary N) is 1. The maximum atomic E-state index is 4.28. The number of thiazole rings is 1. The molecule has 0 aliphatic heterocycles. The average Bonchev–Trinajstić information content (AvgIpc) is 2.89. The molecular weight excluding hydrogens is 260 g/mol. The van der Waals surface area contributed by atoms with Gasteiger partial charge in [0.2, 0.25) is 0 Å². The highest BCUT2D eigenvalue weighted by atomic mass is 32.2. The maximum absolute atomic E-state index is 4.28. The van der Waals surface area contributed by atoms with Crippen molar-refractivity contribution in [2.45, 2.75) is 35.5 Å². The van der Waals surface area contributed by atoms with Crippen LogP contribution in [0.3, 0.4) is 0 Å². The quantitative estimate of drug-likeness (QED) is 0.850. The Balaban J connectivity index is 1.96. The van der Waals surface area contributed by atoms with Crippen LogP contribution in [0.1, 0.15) is 31.9 Å². The first kappa shape index (κ1) is 13.6. The van der Waals surface area contributed by atoms with E-state index in [1.807, 2.05) is 11.6 Å². The van der Waals surface area contributed by atoms with Gasteiger partial charge in [-0.2, -0.15) is 0 Å². The van der Waals surface area contributed by atoms with E-state index in [0.717, 1.165) is 10.9 Å². The molecule has 0 aliphatic carbocycles. The molecule has 96 valence electrons. The van der Waals surface area contributed by atoms with Gasteiger partial charge in [-0.15, -0.1) is 11.3 Å². The molecule has 1 atom stereocenters. The summed E-state index contributed by atoms with van der Waals surface area (Å²) in [5, 5.41) is 5.50. The van der Waals surface area contributed by atoms with Crippen molar-refractivity contribution in [3.63, 3.8) is 0 Å². The molecule has 18 heavy (non-hydrogen) atoms. The third-order valence-electron chi connectivity index (χ3n) is 2.70. The number of hydrogen-bond donors (Lipinski definition) is 1. The van der Waals surface area contributed by atoms with E-state index in [4.69, 9.17) is 0 Å². The van der Waals surface area contributed by atoms with Gasteiger partial charge in [0, 0.05) is 22.5 Å². The van der Waals surface area contributed by atoms with Crippen LogP contribution in [0.4, 0.5) is 0 Å². The lowest BCUT2D eigenvalue weighted by atomic mass is 10.1. The second kappa shape index (κ2) is 6.92. The zero-order chi connectivity index (χ0) is 12.8. The summed E-state index contributed by atoms with van der Waals surface area (Å²) in [7, 11) is 0. The molecule has 2 nitrogen and oxygen atoms in total. The normalized spacial score (nSPS) is 12.6. The Morgan fingerprint density at radius 2 is 2.11 bits per heavy atom. The van der Waals surface area contributed by atoms with Gasteiger partial charge in [-0.3, -0.25) is 0 Å². The van der Waals surface area contributed by atoms with E-state index in [9.17, 15) is 0 Å². The monoisotopic (exact) mass is 278 g/mol. The molecule has 0 fully saturated rings. The molecule has 0 bridgehead atoms. The summed E-state index contributed by atoms with van der Waals surface area (Å²) in [4.78, 5) is 5.53. The van der Waals surface area contributed by atoms with Crippen molar-refractivity contribution in [3.8, 4) is 0 Å². The molecular formula is C14H18N2S2. The zero-order valence-electron chi connectivity index (χ0n) is 10.7. The molecule has 4 heteroatoms. The van der Waals surface area contributed by atoms with Gasteiger partial charge < -0.3 is 5.32 Å². The highest BCUT2D eigenvalue weighted by Gasteiger charge is 2.05. The summed E-state index contributed by atoms with van der Waals surface area (Å²) >= 11 is 3.40. The van der Waals surface area contributed by atoms with Gasteiger partial charge in [-0.25, -0.2) is 4.98 Å². The van der Waals surface area contributed by atoms with Crippen molar-refractivity contribution in [3.05, 3.63) is 41.4 Å². The fourth-order valence-corrected chi connectivity index (χ4v) is 3.26. The van der Waals surface area contributed by atoms with Crippen LogP contribution in [-0.2, 0) is 0 Å². The summed E-state index contributed by atoms with van der Waals surface area (Å²) < 4.78 is 1.10. The molecule has 0 saturated carbocycles. The smallest absolute Gasteiger partial charge is 0.154 e. The highest BCUT2D eigenvalue weighted by Crippen LogP contribution is 2.29. The molecule has 1 unspecified atom stereocenters. The van der Waals surface area contributed by atoms with E-state index in [0.29, 0.717) is 6.04 Å². The summed E-state index contributed by atoms with van der Waals surface area (Å²) in [5.74, 6) is 0. The van der Waals surface area contributed by atoms with Crippen molar-refractivity contribution < 1.29 is 0 Å². The summed E-state index contributed by atoms with van der Waals surface area (Å²) in [6.45, 7) is 5.46. The van der Waals surface area contributed by atoms with Crippen molar-refractivity contribution in [1.29, 1.82) is 0 Å². The zero-order valence-corrected chi connectivity index (χ0v) is 12.4. The predicted octanol–water partition coefficient (Wildman–Crippen LogP) is 4.35. The van der Waals surface area contributed by atoms with Crippen LogP contribution < -0.4 is 5.32 Å². The molecule has 0 spiro atoms. The fourth-order valence-electron chi connectivity index (χ4n) is 1.66. The number of nitrogens with zero attached hydrogens (tertiary/aromatic N) is 1. The first-order chi connectivity index (χ1) is 8.79. The number of benzene rings is 1. The Bertz CT molecular complexity index is 451. The lowest BCUT2D eigenvalue weighted by molar-refractivity contribution is 0.570. The molecule has 1 aromatic heterocycles. The van der Waals surface area contributed by atoms with Crippen molar-refractivity contribution in [1.82, 2.24) is 10.3 Å². The minimum absolute atomic E-state index is 0.420. The number of aromatic nitrogens is 1. The van der Waals surface area contributed by atoms with Gasteiger partial charge in [0.1, 0.15) is 0 Å². The van der Waals surface area contributed by atoms with E-state index >= 15 is 0 Å². The first-order valence-corrected chi connectivity index (χ1v) is 7.90. The molecule has 0 aliphatic rings. The average molecular weight is 278 g/mol. The van der Waals surface area contributed by atoms with Gasteiger partial charge in [0.25, 0.3) is 0 Å². The van der Waals surface area contributed by atoms with E-state index in [1.165, 1.54) is 16.9 Å². The second-order valence-corrected chi connectivity index (χ2v) is 6.36. The fraction of sp³-hybridized carbons (Fsp3) is 0.357. The van der Waals surface area contributed by atoms with Crippen LogP contribution in [0, 0.1) is 0 Å². The lowest BCUT2D eigenvalue weighted by Crippen LogP contribution is -2.19. The topological polar surface area (TPSA) is 24.9 Å². The molecule has 0 amide bonds. The Hall–Kier alpha value is -0.840. The van der Waals surface area contributed by atoms with Gasteiger partial charge in [-0.05, 0) is 37.6 Å². The molecule has 0 radical (unpaired) electrons. The Morgan fingerprint density at radius 3 is 2.72 bits per heavy atom. The molecule has 1 heterocycles. The van der Waals surface area contributed by atoms with E-state index < -0.39 is 0 Å². The summed E-state index contributed by atoms with van der Waals surface area (Å²) in [6.07, 6.45) is 3.01. The minimum atomic E-state index is 0.420. The maximum Gasteiger partial charge on any atom is 0.154 e. The third kappa shape index (κ3) is 3.83. The van der Waals surface area contributed by atoms with E-state index in [1.54, 1.807) is 23.1 Å². The van der Waals surface area contributed by atoms with Gasteiger partial charge in [0.05, 0.1) is 0 Å². The Morgan fingerprint density at radius 1 is 1.33 bits per heavy atom. The van der Waals surface area contributed by atoms with Crippen LogP contribution in [0.2, 0.25) is 0 Å². The Kier molecular flexibility index (Phi) is 5.23. The van der Waals surface area contributed by atoms with Crippen molar-refractivity contribution in [2.75, 3.05) is 6.54 Å². The molecule has 0 saturated heterocycles. The van der Waals surface area contributed by atoms with Gasteiger partial charge in [0.15, 0.2) is 4.34 Å². The molecule has 2 aromatic rings. The number of rotatable bonds is 6. The standard InChI is InChI=1S/C14H18N2S2/c1-3-8-15-11(2)12-4-6-13(7-5-12)18-14-16-9-10-17-14/h4-7,9-11,15H,3,8H2,1-2H3. The molecule has 1 N–H and O–H groups in total. The Labute approximate surface area is 117 Å². The van der Waals surface area contributed by atoms with Gasteiger partial charge >= 0.3 is 0 Å². The van der Waals surface area contributed by atoms with E-state index in [-0.39, 0.29) is 0 Å². The van der Waals surface area contributed by atoms with Crippen molar-refractivity contribution >= 4 is 23.1 Å². The molecule has 2 rings (SSSR count). The highest BCUT2D eigenvalue weighted by molar-refractivity contribution is 8.01. The van der Waals surface area contributed by atoms with Crippen LogP contribution >= 0.6 is 23.1 Å². The van der Waals surface area contributed by atoms with Crippen LogP contribution in [0.25, 0.3) is 0 Å². The van der Waals surface area contributed by atoms with Crippen LogP contribution in [-0.4, -0.2) is 11.5 Å². The van der Waals surface area contributed by atoms with E-state index in [2.05, 4.69) is 48.4 Å². The minimum Gasteiger partial charge on any atom is -0.310 e. The van der Waals surface area contributed by atoms with Crippen LogP contribution in [0.5, 0.6) is 0 Å². The predicted molar refractivity (Wildman–Crippen MR) is 79.4 cm³/mol. The SMILES string of the molecule is CCCNC(C)c1ccc(Sc2nccs2)cc1. The summed E-state index contributed by atoms with van der Waals surface area (Å²) in [5.41, 5.74) is 1.34. The van der Waals surface area contributed by atoms with Gasteiger partial charge in [-0.1, -0.05) is 30.8 Å². The summed E-state index contributed by atoms with van der Waals surface area (Å²) in [6, 6.07) is 9.16. The second-order valence-electron chi connectivity index (χ2n) is 4.14. The third-order valence-corrected chi connectivity index (χ3v) is 4.59. The van der Waals surface area contributed by atoms with Crippen molar-refractivity contribution in [2.24, 2.45) is 0 Å². The first-order valence-electron chi connectivity index (χ1n) is 6.20. The largest absolute Gasteiger partial charge is 0.310 e. The molecule has 1 aromatic carbocycles. The van der Waals surface area contributed by atoms with Crippen LogP contribution in [0.15, 0.2) is 45.1 Å².